The van der Waals surface area contributed by atoms with Crippen molar-refractivity contribution in [1.29, 1.82) is 0 Å². The minimum absolute atomic E-state index is 0.0603. The van der Waals surface area contributed by atoms with Crippen molar-refractivity contribution in [2.24, 2.45) is 0 Å². The molecule has 3 aromatic rings. The van der Waals surface area contributed by atoms with Gasteiger partial charge in [-0.25, -0.2) is 9.50 Å². The lowest BCUT2D eigenvalue weighted by Crippen LogP contribution is -2.27. The molecule has 0 saturated carbocycles. The third-order valence-electron chi connectivity index (χ3n) is 3.81. The number of carbonyl (C=O) groups excluding carboxylic acids is 1. The van der Waals surface area contributed by atoms with E-state index in [1.807, 2.05) is 30.3 Å². The van der Waals surface area contributed by atoms with Crippen molar-refractivity contribution in [2.75, 3.05) is 0 Å². The van der Waals surface area contributed by atoms with Crippen LogP contribution in [-0.2, 0) is 6.18 Å². The lowest BCUT2D eigenvalue weighted by molar-refractivity contribution is -0.142. The minimum atomic E-state index is -4.62. The summed E-state index contributed by atoms with van der Waals surface area (Å²) in [4.78, 5) is 16.6. The molecule has 3 rings (SSSR count). The van der Waals surface area contributed by atoms with Gasteiger partial charge in [0, 0.05) is 5.69 Å². The summed E-state index contributed by atoms with van der Waals surface area (Å²) in [6.07, 6.45) is -4.62. The van der Waals surface area contributed by atoms with Crippen molar-refractivity contribution >= 4 is 27.5 Å². The molecule has 0 saturated heterocycles. The average Bonchev–Trinajstić information content (AvgIpc) is 2.91. The number of hydrogen-bond acceptors (Lipinski definition) is 3. The van der Waals surface area contributed by atoms with E-state index in [4.69, 9.17) is 0 Å². The van der Waals surface area contributed by atoms with Crippen molar-refractivity contribution < 1.29 is 18.0 Å². The summed E-state index contributed by atoms with van der Waals surface area (Å²) in [7, 11) is 0. The van der Waals surface area contributed by atoms with Gasteiger partial charge < -0.3 is 5.32 Å². The Morgan fingerprint density at radius 3 is 2.54 bits per heavy atom. The number of aryl methyl sites for hydroxylation is 1. The number of aromatic nitrogens is 3. The second-order valence-corrected chi connectivity index (χ2v) is 6.58. The lowest BCUT2D eigenvalue weighted by Gasteiger charge is -2.13. The molecule has 1 unspecified atom stereocenters. The van der Waals surface area contributed by atoms with Gasteiger partial charge in [-0.2, -0.15) is 18.3 Å². The maximum Gasteiger partial charge on any atom is 0.433 e. The summed E-state index contributed by atoms with van der Waals surface area (Å²) >= 11 is 3.16. The average molecular weight is 427 g/mol. The molecule has 1 atom stereocenters. The van der Waals surface area contributed by atoms with E-state index in [0.717, 1.165) is 11.6 Å². The molecule has 5 nitrogen and oxygen atoms in total. The number of nitrogens with one attached hydrogen (secondary N) is 1. The second kappa shape index (κ2) is 6.71. The van der Waals surface area contributed by atoms with Crippen molar-refractivity contribution in [3.8, 4) is 0 Å². The number of halogens is 4. The van der Waals surface area contributed by atoms with Crippen LogP contribution in [0.3, 0.4) is 0 Å². The van der Waals surface area contributed by atoms with E-state index < -0.39 is 17.8 Å². The maximum absolute atomic E-state index is 13.3. The van der Waals surface area contributed by atoms with Gasteiger partial charge in [0.2, 0.25) is 0 Å². The van der Waals surface area contributed by atoms with E-state index in [1.54, 1.807) is 6.92 Å². The number of benzene rings is 1. The smallest absolute Gasteiger partial charge is 0.344 e. The minimum Gasteiger partial charge on any atom is -0.344 e. The van der Waals surface area contributed by atoms with Gasteiger partial charge in [-0.15, -0.1) is 0 Å². The highest BCUT2D eigenvalue weighted by Gasteiger charge is 2.36. The third kappa shape index (κ3) is 3.44. The van der Waals surface area contributed by atoms with Gasteiger partial charge in [-0.05, 0) is 41.4 Å². The summed E-state index contributed by atoms with van der Waals surface area (Å²) in [5.41, 5.74) is -0.164. The normalized spacial score (nSPS) is 13.0. The highest BCUT2D eigenvalue weighted by molar-refractivity contribution is 9.10. The van der Waals surface area contributed by atoms with Crippen LogP contribution in [0.15, 0.2) is 40.9 Å². The second-order valence-electron chi connectivity index (χ2n) is 5.78. The van der Waals surface area contributed by atoms with Crippen LogP contribution < -0.4 is 5.32 Å². The first-order chi connectivity index (χ1) is 12.2. The number of fused-ring (bicyclic) bond motifs is 1. The van der Waals surface area contributed by atoms with Crippen LogP contribution in [-0.4, -0.2) is 20.5 Å². The van der Waals surface area contributed by atoms with Gasteiger partial charge in [-0.1, -0.05) is 30.3 Å². The molecule has 1 aromatic carbocycles. The van der Waals surface area contributed by atoms with Crippen LogP contribution in [0, 0.1) is 6.92 Å². The molecule has 0 spiro atoms. The molecule has 1 N–H and O–H groups in total. The SMILES string of the molecule is Cc1cc(C(F)(F)F)n2nc(C(=O)NC(C)c3ccccc3)c(Br)c2n1. The van der Waals surface area contributed by atoms with Gasteiger partial charge in [0.05, 0.1) is 10.5 Å². The van der Waals surface area contributed by atoms with Crippen molar-refractivity contribution in [3.63, 3.8) is 0 Å². The van der Waals surface area contributed by atoms with Gasteiger partial charge in [-0.3, -0.25) is 4.79 Å². The van der Waals surface area contributed by atoms with Gasteiger partial charge in [0.1, 0.15) is 5.69 Å². The van der Waals surface area contributed by atoms with Crippen LogP contribution in [0.2, 0.25) is 0 Å². The molecular weight excluding hydrogens is 413 g/mol. The fourth-order valence-corrected chi connectivity index (χ4v) is 3.07. The number of amides is 1. The van der Waals surface area contributed by atoms with E-state index in [-0.39, 0.29) is 27.5 Å². The number of rotatable bonds is 3. The molecule has 1 amide bonds. The molecule has 0 radical (unpaired) electrons. The Kier molecular flexibility index (Phi) is 4.74. The monoisotopic (exact) mass is 426 g/mol. The molecule has 2 aromatic heterocycles. The highest BCUT2D eigenvalue weighted by Crippen LogP contribution is 2.32. The fraction of sp³-hybridized carbons (Fsp3) is 0.235. The first-order valence-corrected chi connectivity index (χ1v) is 8.46. The molecule has 0 aliphatic rings. The third-order valence-corrected chi connectivity index (χ3v) is 4.54. The van der Waals surface area contributed by atoms with Crippen LogP contribution >= 0.6 is 15.9 Å². The van der Waals surface area contributed by atoms with Gasteiger partial charge in [0.25, 0.3) is 5.91 Å². The quantitative estimate of drug-likeness (QED) is 0.678. The van der Waals surface area contributed by atoms with E-state index in [2.05, 4.69) is 31.3 Å². The van der Waals surface area contributed by atoms with Crippen LogP contribution in [0.5, 0.6) is 0 Å². The van der Waals surface area contributed by atoms with E-state index in [0.29, 0.717) is 4.52 Å². The Morgan fingerprint density at radius 1 is 1.27 bits per heavy atom. The van der Waals surface area contributed by atoms with Crippen LogP contribution in [0.4, 0.5) is 13.2 Å². The Balaban J connectivity index is 2.00. The topological polar surface area (TPSA) is 59.3 Å². The summed E-state index contributed by atoms with van der Waals surface area (Å²) in [6.45, 7) is 3.23. The van der Waals surface area contributed by atoms with Gasteiger partial charge in [0.15, 0.2) is 11.3 Å². The fourth-order valence-electron chi connectivity index (χ4n) is 2.55. The summed E-state index contributed by atoms with van der Waals surface area (Å²) < 4.78 is 40.6. The summed E-state index contributed by atoms with van der Waals surface area (Å²) in [5.74, 6) is -0.593. The zero-order valence-electron chi connectivity index (χ0n) is 13.8. The Bertz CT molecular complexity index is 970. The lowest BCUT2D eigenvalue weighted by atomic mass is 10.1. The molecule has 0 bridgehead atoms. The van der Waals surface area contributed by atoms with Crippen LogP contribution in [0.25, 0.3) is 5.65 Å². The van der Waals surface area contributed by atoms with Crippen LogP contribution in [0.1, 0.15) is 40.4 Å². The number of alkyl halides is 3. The predicted molar refractivity (Wildman–Crippen MR) is 92.7 cm³/mol. The zero-order valence-corrected chi connectivity index (χ0v) is 15.4. The number of hydrogen-bond donors (Lipinski definition) is 1. The molecule has 26 heavy (non-hydrogen) atoms. The Morgan fingerprint density at radius 2 is 1.92 bits per heavy atom. The van der Waals surface area contributed by atoms with E-state index in [9.17, 15) is 18.0 Å². The zero-order chi connectivity index (χ0) is 19.1. The Hall–Kier alpha value is -2.42. The van der Waals surface area contributed by atoms with Crippen molar-refractivity contribution in [1.82, 2.24) is 19.9 Å². The molecule has 0 aliphatic carbocycles. The molecule has 136 valence electrons. The van der Waals surface area contributed by atoms with E-state index >= 15 is 0 Å². The summed E-state index contributed by atoms with van der Waals surface area (Å²) in [5, 5.41) is 6.57. The highest BCUT2D eigenvalue weighted by atomic mass is 79.9. The predicted octanol–water partition coefficient (Wildman–Crippen LogP) is 4.31. The molecular formula is C17H14BrF3N4O. The summed E-state index contributed by atoms with van der Waals surface area (Å²) in [6, 6.07) is 9.76. The van der Waals surface area contributed by atoms with Gasteiger partial charge >= 0.3 is 6.18 Å². The number of carbonyl (C=O) groups is 1. The number of nitrogens with zero attached hydrogens (tertiary/aromatic N) is 3. The van der Waals surface area contributed by atoms with Crippen molar-refractivity contribution in [3.05, 3.63) is 63.5 Å². The maximum atomic E-state index is 13.3. The standard InChI is InChI=1S/C17H14BrF3N4O/c1-9-8-12(17(19,20)21)25-15(22-9)13(18)14(24-25)16(26)23-10(2)11-6-4-3-5-7-11/h3-8,10H,1-2H3,(H,23,26). The molecule has 0 aliphatic heterocycles. The molecule has 0 fully saturated rings. The largest absolute Gasteiger partial charge is 0.433 e. The molecule has 2 heterocycles. The first-order valence-electron chi connectivity index (χ1n) is 7.67. The van der Waals surface area contributed by atoms with E-state index in [1.165, 1.54) is 6.92 Å². The first kappa shape index (κ1) is 18.4. The Labute approximate surface area is 155 Å². The molecule has 9 heteroatoms. The van der Waals surface area contributed by atoms with Crippen molar-refractivity contribution in [2.45, 2.75) is 26.1 Å².